The molecule has 0 saturated carbocycles. The standard InChI is InChI=1S/C12H6Cl2F3N/c13-8-5-4-7(9-3-1-2-6-18-9)11(14)10(8)12(15,16)17/h1-6H. The second kappa shape index (κ2) is 4.78. The Bertz CT molecular complexity index is 568. The maximum Gasteiger partial charge on any atom is 0.419 e. The lowest BCUT2D eigenvalue weighted by Gasteiger charge is -2.13. The molecule has 0 spiro atoms. The van der Waals surface area contributed by atoms with E-state index >= 15 is 0 Å². The lowest BCUT2D eigenvalue weighted by atomic mass is 10.1. The van der Waals surface area contributed by atoms with Gasteiger partial charge in [0.05, 0.1) is 21.3 Å². The zero-order valence-corrected chi connectivity index (χ0v) is 10.3. The molecule has 0 atom stereocenters. The fraction of sp³-hybridized carbons (Fsp3) is 0.0833. The molecule has 1 nitrogen and oxygen atoms in total. The summed E-state index contributed by atoms with van der Waals surface area (Å²) in [6.45, 7) is 0. The van der Waals surface area contributed by atoms with Gasteiger partial charge in [-0.1, -0.05) is 29.3 Å². The first-order valence-electron chi connectivity index (χ1n) is 4.88. The van der Waals surface area contributed by atoms with E-state index in [1.165, 1.54) is 18.3 Å². The molecule has 6 heteroatoms. The van der Waals surface area contributed by atoms with Crippen LogP contribution in [-0.4, -0.2) is 4.98 Å². The first kappa shape index (κ1) is 13.2. The van der Waals surface area contributed by atoms with Crippen molar-refractivity contribution in [3.63, 3.8) is 0 Å². The molecule has 2 aromatic rings. The van der Waals surface area contributed by atoms with Crippen LogP contribution in [0.25, 0.3) is 11.3 Å². The van der Waals surface area contributed by atoms with E-state index in [0.29, 0.717) is 5.69 Å². The van der Waals surface area contributed by atoms with Gasteiger partial charge in [0.1, 0.15) is 0 Å². The molecular formula is C12H6Cl2F3N. The number of aromatic nitrogens is 1. The molecule has 0 aliphatic carbocycles. The fourth-order valence-electron chi connectivity index (χ4n) is 1.53. The summed E-state index contributed by atoms with van der Waals surface area (Å²) in [5.41, 5.74) is -0.465. The predicted octanol–water partition coefficient (Wildman–Crippen LogP) is 5.07. The molecule has 0 N–H and O–H groups in total. The third-order valence-corrected chi connectivity index (χ3v) is 3.02. The minimum atomic E-state index is -4.60. The van der Waals surface area contributed by atoms with Crippen LogP contribution >= 0.6 is 23.2 Å². The van der Waals surface area contributed by atoms with Crippen LogP contribution in [0.15, 0.2) is 36.5 Å². The summed E-state index contributed by atoms with van der Waals surface area (Å²) in [5.74, 6) is 0. The Kier molecular flexibility index (Phi) is 3.50. The van der Waals surface area contributed by atoms with E-state index in [1.54, 1.807) is 18.2 Å². The Morgan fingerprint density at radius 3 is 2.28 bits per heavy atom. The maximum absolute atomic E-state index is 12.8. The molecule has 0 bridgehead atoms. The number of benzene rings is 1. The minimum absolute atomic E-state index is 0.203. The number of rotatable bonds is 1. The highest BCUT2D eigenvalue weighted by Gasteiger charge is 2.37. The SMILES string of the molecule is FC(F)(F)c1c(Cl)ccc(-c2ccccn2)c1Cl. The zero-order valence-electron chi connectivity index (χ0n) is 8.80. The number of pyridine rings is 1. The van der Waals surface area contributed by atoms with Crippen molar-refractivity contribution in [2.24, 2.45) is 0 Å². The fourth-order valence-corrected chi connectivity index (χ4v) is 2.21. The lowest BCUT2D eigenvalue weighted by Crippen LogP contribution is -2.07. The summed E-state index contributed by atoms with van der Waals surface area (Å²) in [5, 5.41) is -0.860. The number of halogens is 5. The smallest absolute Gasteiger partial charge is 0.256 e. The van der Waals surface area contributed by atoms with Gasteiger partial charge in [0.25, 0.3) is 0 Å². The average Bonchev–Trinajstić information content (AvgIpc) is 2.28. The number of hydrogen-bond acceptors (Lipinski definition) is 1. The molecule has 0 amide bonds. The Balaban J connectivity index is 2.66. The van der Waals surface area contributed by atoms with Crippen LogP contribution in [0, 0.1) is 0 Å². The van der Waals surface area contributed by atoms with E-state index in [-0.39, 0.29) is 5.56 Å². The van der Waals surface area contributed by atoms with Crippen molar-refractivity contribution < 1.29 is 13.2 Å². The molecule has 94 valence electrons. The van der Waals surface area contributed by atoms with Crippen molar-refractivity contribution in [3.8, 4) is 11.3 Å². The van der Waals surface area contributed by atoms with Crippen LogP contribution in [0.1, 0.15) is 5.56 Å². The Labute approximate surface area is 111 Å². The summed E-state index contributed by atoms with van der Waals surface area (Å²) in [6, 6.07) is 7.50. The van der Waals surface area contributed by atoms with Crippen LogP contribution in [0.2, 0.25) is 10.0 Å². The van der Waals surface area contributed by atoms with Gasteiger partial charge < -0.3 is 0 Å². The van der Waals surface area contributed by atoms with Crippen LogP contribution in [0.5, 0.6) is 0 Å². The molecule has 0 saturated heterocycles. The summed E-state index contributed by atoms with van der Waals surface area (Å²) in [4.78, 5) is 3.97. The van der Waals surface area contributed by atoms with Crippen LogP contribution in [0.4, 0.5) is 13.2 Å². The average molecular weight is 292 g/mol. The van der Waals surface area contributed by atoms with E-state index in [2.05, 4.69) is 4.98 Å². The molecule has 0 radical (unpaired) electrons. The van der Waals surface area contributed by atoms with Gasteiger partial charge in [-0.05, 0) is 24.3 Å². The van der Waals surface area contributed by atoms with Gasteiger partial charge >= 0.3 is 6.18 Å². The number of nitrogens with zero attached hydrogens (tertiary/aromatic N) is 1. The van der Waals surface area contributed by atoms with E-state index in [0.717, 1.165) is 0 Å². The van der Waals surface area contributed by atoms with E-state index in [1.807, 2.05) is 0 Å². The van der Waals surface area contributed by atoms with Crippen molar-refractivity contribution in [2.45, 2.75) is 6.18 Å². The van der Waals surface area contributed by atoms with Gasteiger partial charge in [0.2, 0.25) is 0 Å². The Morgan fingerprint density at radius 1 is 1.00 bits per heavy atom. The molecule has 1 aromatic carbocycles. The van der Waals surface area contributed by atoms with E-state index < -0.39 is 21.8 Å². The van der Waals surface area contributed by atoms with Crippen molar-refractivity contribution in [2.75, 3.05) is 0 Å². The highest BCUT2D eigenvalue weighted by molar-refractivity contribution is 6.37. The second-order valence-electron chi connectivity index (χ2n) is 3.50. The van der Waals surface area contributed by atoms with Crippen molar-refractivity contribution in [1.82, 2.24) is 4.98 Å². The highest BCUT2D eigenvalue weighted by Crippen LogP contribution is 2.43. The first-order chi connectivity index (χ1) is 8.41. The van der Waals surface area contributed by atoms with Crippen molar-refractivity contribution >= 4 is 23.2 Å². The first-order valence-corrected chi connectivity index (χ1v) is 5.63. The molecule has 18 heavy (non-hydrogen) atoms. The predicted molar refractivity (Wildman–Crippen MR) is 64.7 cm³/mol. The summed E-state index contributed by atoms with van der Waals surface area (Å²) in [7, 11) is 0. The molecule has 2 rings (SSSR count). The van der Waals surface area contributed by atoms with E-state index in [4.69, 9.17) is 23.2 Å². The molecular weight excluding hydrogens is 286 g/mol. The van der Waals surface area contributed by atoms with Gasteiger partial charge in [-0.3, -0.25) is 4.98 Å². The van der Waals surface area contributed by atoms with Gasteiger partial charge in [0.15, 0.2) is 0 Å². The zero-order chi connectivity index (χ0) is 13.3. The van der Waals surface area contributed by atoms with Crippen LogP contribution in [-0.2, 0) is 6.18 Å². The quantitative estimate of drug-likeness (QED) is 0.714. The van der Waals surface area contributed by atoms with Gasteiger partial charge in [-0.15, -0.1) is 0 Å². The van der Waals surface area contributed by atoms with Crippen LogP contribution < -0.4 is 0 Å². The van der Waals surface area contributed by atoms with Gasteiger partial charge in [-0.25, -0.2) is 0 Å². The molecule has 1 aromatic heterocycles. The highest BCUT2D eigenvalue weighted by atomic mass is 35.5. The second-order valence-corrected chi connectivity index (χ2v) is 4.28. The molecule has 1 heterocycles. The summed E-state index contributed by atoms with van der Waals surface area (Å²) >= 11 is 11.3. The van der Waals surface area contributed by atoms with Crippen LogP contribution in [0.3, 0.4) is 0 Å². The van der Waals surface area contributed by atoms with Gasteiger partial charge in [0, 0.05) is 11.8 Å². The topological polar surface area (TPSA) is 12.9 Å². The normalized spacial score (nSPS) is 11.6. The Hall–Kier alpha value is -1.26. The molecule has 0 unspecified atom stereocenters. The Morgan fingerprint density at radius 2 is 1.72 bits per heavy atom. The number of hydrogen-bond donors (Lipinski definition) is 0. The van der Waals surface area contributed by atoms with Crippen molar-refractivity contribution in [3.05, 3.63) is 52.1 Å². The summed E-state index contributed by atoms with van der Waals surface area (Å²) in [6.07, 6.45) is -3.12. The molecule has 0 fully saturated rings. The number of alkyl halides is 3. The third-order valence-electron chi connectivity index (χ3n) is 2.32. The van der Waals surface area contributed by atoms with Crippen molar-refractivity contribution in [1.29, 1.82) is 0 Å². The monoisotopic (exact) mass is 291 g/mol. The third kappa shape index (κ3) is 2.44. The maximum atomic E-state index is 12.8. The summed E-state index contributed by atoms with van der Waals surface area (Å²) < 4.78 is 38.4. The lowest BCUT2D eigenvalue weighted by molar-refractivity contribution is -0.137. The largest absolute Gasteiger partial charge is 0.419 e. The van der Waals surface area contributed by atoms with Gasteiger partial charge in [-0.2, -0.15) is 13.2 Å². The molecule has 0 aliphatic rings. The van der Waals surface area contributed by atoms with E-state index in [9.17, 15) is 13.2 Å². The molecule has 0 aliphatic heterocycles. The minimum Gasteiger partial charge on any atom is -0.256 e.